The largest absolute Gasteiger partial charge is 0.461 e. The first kappa shape index (κ1) is 9.17. The Labute approximate surface area is 71.8 Å². The normalized spacial score (nSPS) is 9.62. The van der Waals surface area contributed by atoms with Crippen molar-refractivity contribution in [2.24, 2.45) is 0 Å². The van der Waals surface area contributed by atoms with Gasteiger partial charge < -0.3 is 4.74 Å². The van der Waals surface area contributed by atoms with E-state index in [0.717, 1.165) is 0 Å². The molecule has 2 N–H and O–H groups in total. The lowest BCUT2D eigenvalue weighted by Gasteiger charge is -1.97. The summed E-state index contributed by atoms with van der Waals surface area (Å²) in [4.78, 5) is 34.2. The fraction of sp³-hybridized carbons (Fsp3) is 0.333. The van der Waals surface area contributed by atoms with Crippen LogP contribution in [0.4, 0.5) is 0 Å². The highest BCUT2D eigenvalue weighted by molar-refractivity contribution is 5.86. The predicted molar refractivity (Wildman–Crippen MR) is 41.4 cm³/mol. The van der Waals surface area contributed by atoms with Crippen LogP contribution in [0.2, 0.25) is 0 Å². The number of nitrogens with zero attached hydrogens (tertiary/aromatic N) is 1. The molecule has 0 unspecified atom stereocenters. The number of ether oxygens (including phenoxy) is 1. The minimum absolute atomic E-state index is 0.138. The second-order valence-electron chi connectivity index (χ2n) is 2.08. The smallest absolute Gasteiger partial charge is 0.364 e. The Kier molecular flexibility index (Phi) is 2.58. The Morgan fingerprint density at radius 3 is 2.77 bits per heavy atom. The molecular weight excluding hydrogens is 178 g/mol. The highest BCUT2D eigenvalue weighted by atomic mass is 16.5. The van der Waals surface area contributed by atoms with Crippen LogP contribution < -0.4 is 11.2 Å². The zero-order valence-electron chi connectivity index (χ0n) is 6.79. The maximum atomic E-state index is 11.0. The number of esters is 1. The summed E-state index contributed by atoms with van der Waals surface area (Å²) >= 11 is 0. The molecule has 0 aliphatic rings. The molecule has 0 saturated carbocycles. The molecule has 1 aromatic heterocycles. The van der Waals surface area contributed by atoms with Gasteiger partial charge in [-0.1, -0.05) is 0 Å². The number of nitrogens with one attached hydrogen (secondary N) is 2. The van der Waals surface area contributed by atoms with Crippen LogP contribution in [0.5, 0.6) is 0 Å². The van der Waals surface area contributed by atoms with Crippen molar-refractivity contribution in [2.45, 2.75) is 6.92 Å². The Hall–Kier alpha value is -1.92. The van der Waals surface area contributed by atoms with E-state index in [9.17, 15) is 14.4 Å². The maximum Gasteiger partial charge on any atom is 0.364 e. The van der Waals surface area contributed by atoms with Crippen LogP contribution >= 0.6 is 0 Å². The van der Waals surface area contributed by atoms with E-state index in [1.54, 1.807) is 6.92 Å². The molecule has 13 heavy (non-hydrogen) atoms. The van der Waals surface area contributed by atoms with Gasteiger partial charge in [0, 0.05) is 0 Å². The number of carbonyl (C=O) groups excluding carboxylic acids is 1. The molecule has 7 nitrogen and oxygen atoms in total. The van der Waals surface area contributed by atoms with E-state index in [1.165, 1.54) is 0 Å². The molecule has 0 aliphatic heterocycles. The Morgan fingerprint density at radius 2 is 2.23 bits per heavy atom. The Bertz CT molecular complexity index is 418. The van der Waals surface area contributed by atoms with E-state index >= 15 is 0 Å². The molecule has 0 bridgehead atoms. The summed E-state index contributed by atoms with van der Waals surface area (Å²) < 4.78 is 4.51. The van der Waals surface area contributed by atoms with Gasteiger partial charge in [0.1, 0.15) is 0 Å². The third-order valence-corrected chi connectivity index (χ3v) is 1.18. The van der Waals surface area contributed by atoms with Crippen molar-refractivity contribution in [2.75, 3.05) is 6.61 Å². The van der Waals surface area contributed by atoms with Crippen molar-refractivity contribution in [3.8, 4) is 0 Å². The minimum Gasteiger partial charge on any atom is -0.461 e. The van der Waals surface area contributed by atoms with Crippen LogP contribution in [0.1, 0.15) is 17.4 Å². The van der Waals surface area contributed by atoms with Crippen LogP contribution in [0, 0.1) is 0 Å². The lowest BCUT2D eigenvalue weighted by atomic mass is 10.5. The Morgan fingerprint density at radius 1 is 1.54 bits per heavy atom. The monoisotopic (exact) mass is 185 g/mol. The summed E-state index contributed by atoms with van der Waals surface area (Å²) in [5.74, 6) is -0.861. The van der Waals surface area contributed by atoms with E-state index in [2.05, 4.69) is 9.84 Å². The number of aromatic amines is 2. The van der Waals surface area contributed by atoms with Crippen molar-refractivity contribution >= 4 is 5.97 Å². The summed E-state index contributed by atoms with van der Waals surface area (Å²) in [7, 11) is 0. The van der Waals surface area contributed by atoms with Gasteiger partial charge in [-0.15, -0.1) is 0 Å². The number of rotatable bonds is 2. The molecule has 0 radical (unpaired) electrons. The van der Waals surface area contributed by atoms with Gasteiger partial charge in [-0.25, -0.2) is 14.7 Å². The Balaban J connectivity index is 3.09. The van der Waals surface area contributed by atoms with Gasteiger partial charge in [0.25, 0.3) is 5.56 Å². The molecule has 1 aromatic rings. The number of H-pyrrole nitrogens is 2. The van der Waals surface area contributed by atoms with E-state index < -0.39 is 22.9 Å². The predicted octanol–water partition coefficient (Wildman–Crippen LogP) is -1.37. The van der Waals surface area contributed by atoms with Crippen molar-refractivity contribution in [3.05, 3.63) is 26.5 Å². The molecule has 1 heterocycles. The number of aromatic nitrogens is 3. The average Bonchev–Trinajstić information content (AvgIpc) is 2.04. The first-order valence-electron chi connectivity index (χ1n) is 3.51. The van der Waals surface area contributed by atoms with Crippen LogP contribution in [-0.2, 0) is 4.74 Å². The summed E-state index contributed by atoms with van der Waals surface area (Å²) in [5.41, 5.74) is -2.08. The second kappa shape index (κ2) is 3.65. The summed E-state index contributed by atoms with van der Waals surface area (Å²) in [6, 6.07) is 0. The first-order valence-corrected chi connectivity index (χ1v) is 3.51. The van der Waals surface area contributed by atoms with Gasteiger partial charge in [0.05, 0.1) is 6.61 Å². The molecule has 0 atom stereocenters. The third-order valence-electron chi connectivity index (χ3n) is 1.18. The summed E-state index contributed by atoms with van der Waals surface area (Å²) in [6.07, 6.45) is 0. The van der Waals surface area contributed by atoms with Gasteiger partial charge in [-0.05, 0) is 6.92 Å². The van der Waals surface area contributed by atoms with Gasteiger partial charge in [0.2, 0.25) is 5.69 Å². The van der Waals surface area contributed by atoms with E-state index in [-0.39, 0.29) is 6.61 Å². The second-order valence-corrected chi connectivity index (χ2v) is 2.08. The lowest BCUT2D eigenvalue weighted by molar-refractivity contribution is 0.0515. The summed E-state index contributed by atoms with van der Waals surface area (Å²) in [6.45, 7) is 1.73. The minimum atomic E-state index is -0.861. The third kappa shape index (κ3) is 2.01. The van der Waals surface area contributed by atoms with Crippen LogP contribution in [0.25, 0.3) is 0 Å². The molecule has 1 rings (SSSR count). The number of hydrogen-bond donors (Lipinski definition) is 2. The number of hydrogen-bond acceptors (Lipinski definition) is 5. The molecule has 0 saturated heterocycles. The molecule has 70 valence electrons. The average molecular weight is 185 g/mol. The molecule has 0 aliphatic carbocycles. The molecule has 0 spiro atoms. The molecular formula is C6H7N3O4. The highest BCUT2D eigenvalue weighted by Crippen LogP contribution is 1.85. The van der Waals surface area contributed by atoms with E-state index in [0.29, 0.717) is 0 Å². The van der Waals surface area contributed by atoms with Crippen molar-refractivity contribution in [3.63, 3.8) is 0 Å². The number of carbonyl (C=O) groups is 1. The molecule has 7 heteroatoms. The van der Waals surface area contributed by atoms with Gasteiger partial charge in [0.15, 0.2) is 0 Å². The van der Waals surface area contributed by atoms with E-state index in [1.807, 2.05) is 10.1 Å². The quantitative estimate of drug-likeness (QED) is 0.553. The zero-order valence-corrected chi connectivity index (χ0v) is 6.79. The standard InChI is InChI=1S/C6H7N3O4/c1-2-13-5(11)3-4(10)7-6(12)9-8-3/h2H2,1H3,(H2,7,9,10,12). The van der Waals surface area contributed by atoms with E-state index in [4.69, 9.17) is 0 Å². The maximum absolute atomic E-state index is 11.0. The van der Waals surface area contributed by atoms with Crippen LogP contribution in [0.15, 0.2) is 9.59 Å². The highest BCUT2D eigenvalue weighted by Gasteiger charge is 2.13. The summed E-state index contributed by atoms with van der Waals surface area (Å²) in [5, 5.41) is 5.16. The molecule has 0 aromatic carbocycles. The fourth-order valence-electron chi connectivity index (χ4n) is 0.686. The van der Waals surface area contributed by atoms with Gasteiger partial charge >= 0.3 is 11.7 Å². The van der Waals surface area contributed by atoms with Gasteiger partial charge in [-0.3, -0.25) is 9.78 Å². The lowest BCUT2D eigenvalue weighted by Crippen LogP contribution is -2.30. The fourth-order valence-corrected chi connectivity index (χ4v) is 0.686. The van der Waals surface area contributed by atoms with Gasteiger partial charge in [-0.2, -0.15) is 5.10 Å². The molecule has 0 fully saturated rings. The zero-order chi connectivity index (χ0) is 9.84. The topological polar surface area (TPSA) is 105 Å². The van der Waals surface area contributed by atoms with Crippen molar-refractivity contribution in [1.82, 2.24) is 15.2 Å². The van der Waals surface area contributed by atoms with Crippen LogP contribution in [-0.4, -0.2) is 27.8 Å². The SMILES string of the molecule is CCOC(=O)c1n[nH]c(=O)[nH]c1=O. The van der Waals surface area contributed by atoms with Crippen LogP contribution in [0.3, 0.4) is 0 Å². The molecule has 0 amide bonds. The first-order chi connectivity index (χ1) is 6.15. The van der Waals surface area contributed by atoms with Crippen molar-refractivity contribution in [1.29, 1.82) is 0 Å². The van der Waals surface area contributed by atoms with Crippen molar-refractivity contribution < 1.29 is 9.53 Å².